The fraction of sp³-hybridized carbons (Fsp3) is 0.526. The Morgan fingerprint density at radius 2 is 2.07 bits per heavy atom. The maximum atomic E-state index is 12.5. The standard InChI is InChI=1S/C19H26N4O3S/c1-26-13-8-20-17(24)14-22-9-11-23(12-10-22)19(25)7-6-18-21-15-4-2-3-5-16(15)27-18/h2-5H,6-14H2,1H3,(H,20,24)/p+1. The maximum Gasteiger partial charge on any atom is 0.275 e. The first-order valence-electron chi connectivity index (χ1n) is 9.37. The molecule has 0 bridgehead atoms. The number of thiazole rings is 1. The summed E-state index contributed by atoms with van der Waals surface area (Å²) < 4.78 is 6.09. The average Bonchev–Trinajstić information content (AvgIpc) is 3.10. The minimum atomic E-state index is 0.0395. The van der Waals surface area contributed by atoms with Crippen molar-refractivity contribution in [2.24, 2.45) is 0 Å². The number of fused-ring (bicyclic) bond motifs is 1. The molecule has 0 saturated carbocycles. The molecule has 2 aromatic rings. The van der Waals surface area contributed by atoms with Gasteiger partial charge in [0.25, 0.3) is 5.91 Å². The number of methoxy groups -OCH3 is 1. The first kappa shape index (κ1) is 19.7. The van der Waals surface area contributed by atoms with E-state index in [1.807, 2.05) is 23.1 Å². The Morgan fingerprint density at radius 1 is 1.30 bits per heavy atom. The zero-order chi connectivity index (χ0) is 19.1. The average molecular weight is 392 g/mol. The molecule has 1 aliphatic heterocycles. The van der Waals surface area contributed by atoms with E-state index in [4.69, 9.17) is 4.74 Å². The highest BCUT2D eigenvalue weighted by atomic mass is 32.1. The van der Waals surface area contributed by atoms with Gasteiger partial charge in [-0.05, 0) is 12.1 Å². The molecular formula is C19H27N4O3S+. The van der Waals surface area contributed by atoms with Crippen molar-refractivity contribution in [1.82, 2.24) is 15.2 Å². The minimum Gasteiger partial charge on any atom is -0.383 e. The number of carbonyl (C=O) groups excluding carboxylic acids is 2. The van der Waals surface area contributed by atoms with Gasteiger partial charge in [-0.3, -0.25) is 9.59 Å². The summed E-state index contributed by atoms with van der Waals surface area (Å²) in [6.07, 6.45) is 1.18. The zero-order valence-corrected chi connectivity index (χ0v) is 16.5. The van der Waals surface area contributed by atoms with Gasteiger partial charge in [-0.2, -0.15) is 0 Å². The molecule has 2 N–H and O–H groups in total. The van der Waals surface area contributed by atoms with Crippen LogP contribution in [-0.2, 0) is 20.7 Å². The summed E-state index contributed by atoms with van der Waals surface area (Å²) in [6, 6.07) is 8.06. The second-order valence-corrected chi connectivity index (χ2v) is 7.84. The largest absolute Gasteiger partial charge is 0.383 e. The van der Waals surface area contributed by atoms with Crippen LogP contribution >= 0.6 is 11.3 Å². The summed E-state index contributed by atoms with van der Waals surface area (Å²) in [4.78, 5) is 32.1. The summed E-state index contributed by atoms with van der Waals surface area (Å²) in [5, 5.41) is 3.86. The third kappa shape index (κ3) is 5.72. The van der Waals surface area contributed by atoms with Crippen molar-refractivity contribution >= 4 is 33.4 Å². The molecule has 1 saturated heterocycles. The van der Waals surface area contributed by atoms with Crippen LogP contribution in [-0.4, -0.2) is 74.7 Å². The fourth-order valence-corrected chi connectivity index (χ4v) is 4.20. The van der Waals surface area contributed by atoms with Gasteiger partial charge in [0.15, 0.2) is 6.54 Å². The van der Waals surface area contributed by atoms with Gasteiger partial charge in [0, 0.05) is 26.5 Å². The van der Waals surface area contributed by atoms with Gasteiger partial charge in [-0.25, -0.2) is 4.98 Å². The van der Waals surface area contributed by atoms with E-state index in [1.54, 1.807) is 18.4 Å². The number of hydrogen-bond acceptors (Lipinski definition) is 5. The highest BCUT2D eigenvalue weighted by molar-refractivity contribution is 7.18. The van der Waals surface area contributed by atoms with E-state index in [-0.39, 0.29) is 11.8 Å². The number of aryl methyl sites for hydroxylation is 1. The van der Waals surface area contributed by atoms with Gasteiger partial charge in [0.2, 0.25) is 5.91 Å². The molecule has 8 heteroatoms. The van der Waals surface area contributed by atoms with Crippen LogP contribution in [0.25, 0.3) is 10.2 Å². The molecule has 0 radical (unpaired) electrons. The minimum absolute atomic E-state index is 0.0395. The number of nitrogens with zero attached hydrogens (tertiary/aromatic N) is 2. The van der Waals surface area contributed by atoms with Crippen LogP contribution in [0.5, 0.6) is 0 Å². The van der Waals surface area contributed by atoms with Crippen LogP contribution in [0.1, 0.15) is 11.4 Å². The lowest BCUT2D eigenvalue weighted by atomic mass is 10.2. The summed E-state index contributed by atoms with van der Waals surface area (Å²) in [7, 11) is 1.62. The lowest BCUT2D eigenvalue weighted by Gasteiger charge is -2.31. The van der Waals surface area contributed by atoms with E-state index in [0.29, 0.717) is 45.6 Å². The van der Waals surface area contributed by atoms with Gasteiger partial charge in [0.1, 0.15) is 0 Å². The van der Waals surface area contributed by atoms with Gasteiger partial charge < -0.3 is 19.9 Å². The predicted molar refractivity (Wildman–Crippen MR) is 105 cm³/mol. The monoisotopic (exact) mass is 391 g/mol. The Balaban J connectivity index is 1.38. The molecule has 0 aliphatic carbocycles. The first-order valence-corrected chi connectivity index (χ1v) is 10.2. The smallest absolute Gasteiger partial charge is 0.275 e. The van der Waals surface area contributed by atoms with Crippen LogP contribution < -0.4 is 10.2 Å². The molecule has 1 aliphatic rings. The molecule has 7 nitrogen and oxygen atoms in total. The number of amides is 2. The molecule has 27 heavy (non-hydrogen) atoms. The molecule has 2 heterocycles. The number of aromatic nitrogens is 1. The molecular weight excluding hydrogens is 364 g/mol. The van der Waals surface area contributed by atoms with Crippen LogP contribution in [0, 0.1) is 0 Å². The molecule has 1 fully saturated rings. The normalized spacial score (nSPS) is 15.2. The van der Waals surface area contributed by atoms with Gasteiger partial charge in [-0.1, -0.05) is 12.1 Å². The summed E-state index contributed by atoms with van der Waals surface area (Å²) in [6.45, 7) is 4.56. The Hall–Kier alpha value is -2.03. The summed E-state index contributed by atoms with van der Waals surface area (Å²) in [5.74, 6) is 0.218. The zero-order valence-electron chi connectivity index (χ0n) is 15.7. The van der Waals surface area contributed by atoms with E-state index in [9.17, 15) is 9.59 Å². The van der Waals surface area contributed by atoms with Crippen molar-refractivity contribution < 1.29 is 19.2 Å². The van der Waals surface area contributed by atoms with Gasteiger partial charge in [0.05, 0.1) is 48.0 Å². The molecule has 1 aromatic heterocycles. The number of nitrogens with one attached hydrogen (secondary N) is 2. The van der Waals surface area contributed by atoms with Crippen LogP contribution in [0.2, 0.25) is 0 Å². The SMILES string of the molecule is COCCNC(=O)C[NH+]1CCN(C(=O)CCc2nc3ccccc3s2)CC1. The number of carbonyl (C=O) groups is 2. The van der Waals surface area contributed by atoms with E-state index in [0.717, 1.165) is 23.6 Å². The van der Waals surface area contributed by atoms with Gasteiger partial charge in [-0.15, -0.1) is 11.3 Å². The van der Waals surface area contributed by atoms with Crippen molar-refractivity contribution in [3.8, 4) is 0 Å². The molecule has 0 spiro atoms. The third-order valence-electron chi connectivity index (χ3n) is 4.75. The lowest BCUT2D eigenvalue weighted by Crippen LogP contribution is -3.15. The molecule has 0 unspecified atom stereocenters. The first-order chi connectivity index (χ1) is 13.2. The number of para-hydroxylation sites is 1. The number of ether oxygens (including phenoxy) is 1. The van der Waals surface area contributed by atoms with Gasteiger partial charge >= 0.3 is 0 Å². The Bertz CT molecular complexity index is 738. The summed E-state index contributed by atoms with van der Waals surface area (Å²) >= 11 is 1.66. The quantitative estimate of drug-likeness (QED) is 0.607. The Labute approximate surface area is 163 Å². The van der Waals surface area contributed by atoms with Crippen molar-refractivity contribution in [3.63, 3.8) is 0 Å². The van der Waals surface area contributed by atoms with Crippen LogP contribution in [0.3, 0.4) is 0 Å². The maximum absolute atomic E-state index is 12.5. The lowest BCUT2D eigenvalue weighted by molar-refractivity contribution is -0.896. The number of hydrogen-bond donors (Lipinski definition) is 2. The predicted octanol–water partition coefficient (Wildman–Crippen LogP) is -0.281. The van der Waals surface area contributed by atoms with E-state index in [1.165, 1.54) is 9.60 Å². The molecule has 1 aromatic carbocycles. The topological polar surface area (TPSA) is 76.0 Å². The van der Waals surface area contributed by atoms with Crippen LogP contribution in [0.4, 0.5) is 0 Å². The highest BCUT2D eigenvalue weighted by Gasteiger charge is 2.25. The number of benzene rings is 1. The van der Waals surface area contributed by atoms with Crippen molar-refractivity contribution in [2.45, 2.75) is 12.8 Å². The van der Waals surface area contributed by atoms with Crippen LogP contribution in [0.15, 0.2) is 24.3 Å². The van der Waals surface area contributed by atoms with E-state index in [2.05, 4.69) is 16.4 Å². The number of rotatable bonds is 8. The summed E-state index contributed by atoms with van der Waals surface area (Å²) in [5.41, 5.74) is 1.01. The molecule has 3 rings (SSSR count). The number of piperazine rings is 1. The van der Waals surface area contributed by atoms with Crippen molar-refractivity contribution in [1.29, 1.82) is 0 Å². The van der Waals surface area contributed by atoms with Crippen molar-refractivity contribution in [2.75, 3.05) is 53.0 Å². The Morgan fingerprint density at radius 3 is 2.81 bits per heavy atom. The fourth-order valence-electron chi connectivity index (χ4n) is 3.23. The highest BCUT2D eigenvalue weighted by Crippen LogP contribution is 2.22. The second kappa shape index (κ2) is 9.77. The molecule has 2 amide bonds. The number of quaternary nitrogens is 1. The van der Waals surface area contributed by atoms with E-state index < -0.39 is 0 Å². The van der Waals surface area contributed by atoms with Crippen molar-refractivity contribution in [3.05, 3.63) is 29.3 Å². The van der Waals surface area contributed by atoms with E-state index >= 15 is 0 Å². The second-order valence-electron chi connectivity index (χ2n) is 6.73. The third-order valence-corrected chi connectivity index (χ3v) is 5.85. The molecule has 146 valence electrons. The Kier molecular flexibility index (Phi) is 7.14. The molecule has 0 atom stereocenters.